The number of anilines is 1. The SMILES string of the molecule is O=CN(O)c1ccc([N+](=O)[O-])cc1. The van der Waals surface area contributed by atoms with Gasteiger partial charge < -0.3 is 0 Å². The summed E-state index contributed by atoms with van der Waals surface area (Å²) in [7, 11) is 0. The Balaban J connectivity index is 2.93. The predicted octanol–water partition coefficient (Wildman–Crippen LogP) is 0.947. The number of non-ortho nitro benzene ring substituents is 1. The zero-order valence-electron chi connectivity index (χ0n) is 6.45. The fraction of sp³-hybridized carbons (Fsp3) is 0. The first-order chi connectivity index (χ1) is 6.15. The Morgan fingerprint density at radius 2 is 1.92 bits per heavy atom. The quantitative estimate of drug-likeness (QED) is 0.326. The van der Waals surface area contributed by atoms with Gasteiger partial charge in [0.25, 0.3) is 5.69 Å². The van der Waals surface area contributed by atoms with E-state index in [1.165, 1.54) is 24.3 Å². The molecule has 0 fully saturated rings. The van der Waals surface area contributed by atoms with Gasteiger partial charge in [-0.15, -0.1) is 0 Å². The van der Waals surface area contributed by atoms with Crippen molar-refractivity contribution in [2.75, 3.05) is 5.06 Å². The van der Waals surface area contributed by atoms with Crippen LogP contribution in [0.5, 0.6) is 0 Å². The normalized spacial score (nSPS) is 9.31. The van der Waals surface area contributed by atoms with Crippen molar-refractivity contribution in [3.8, 4) is 0 Å². The Bertz CT molecular complexity index is 322. The van der Waals surface area contributed by atoms with Gasteiger partial charge in [-0.05, 0) is 12.1 Å². The molecule has 0 aliphatic heterocycles. The summed E-state index contributed by atoms with van der Waals surface area (Å²) in [5.41, 5.74) is 0.0867. The maximum Gasteiger partial charge on any atom is 0.269 e. The van der Waals surface area contributed by atoms with Gasteiger partial charge >= 0.3 is 0 Å². The standard InChI is InChI=1S/C7H6N2O4/c10-5-8(11)6-1-3-7(4-2-6)9(12)13/h1-5,11H. The fourth-order valence-electron chi connectivity index (χ4n) is 0.788. The van der Waals surface area contributed by atoms with E-state index >= 15 is 0 Å². The second-order valence-electron chi connectivity index (χ2n) is 2.22. The van der Waals surface area contributed by atoms with Gasteiger partial charge in [-0.25, -0.2) is 0 Å². The molecule has 6 heteroatoms. The number of nitrogens with zero attached hydrogens (tertiary/aromatic N) is 2. The third-order valence-corrected chi connectivity index (χ3v) is 1.42. The second kappa shape index (κ2) is 3.63. The number of benzene rings is 1. The second-order valence-corrected chi connectivity index (χ2v) is 2.22. The van der Waals surface area contributed by atoms with E-state index in [0.29, 0.717) is 5.06 Å². The lowest BCUT2D eigenvalue weighted by atomic mass is 10.3. The maximum atomic E-state index is 10.2. The van der Waals surface area contributed by atoms with Crippen molar-refractivity contribution in [1.82, 2.24) is 0 Å². The summed E-state index contributed by atoms with van der Waals surface area (Å²) in [6.45, 7) is 0. The van der Waals surface area contributed by atoms with E-state index in [1.54, 1.807) is 0 Å². The number of hydrogen-bond donors (Lipinski definition) is 1. The smallest absolute Gasteiger partial charge is 0.269 e. The van der Waals surface area contributed by atoms with E-state index in [2.05, 4.69) is 0 Å². The molecule has 6 nitrogen and oxygen atoms in total. The number of carbonyl (C=O) groups excluding carboxylic acids is 1. The Labute approximate surface area is 73.1 Å². The first kappa shape index (κ1) is 9.14. The van der Waals surface area contributed by atoms with Crippen LogP contribution in [0.3, 0.4) is 0 Å². The van der Waals surface area contributed by atoms with E-state index in [1.807, 2.05) is 0 Å². The maximum absolute atomic E-state index is 10.2. The molecule has 0 heterocycles. The number of nitro groups is 1. The first-order valence-electron chi connectivity index (χ1n) is 3.33. The third kappa shape index (κ3) is 2.00. The molecule has 0 saturated heterocycles. The van der Waals surface area contributed by atoms with E-state index in [0.717, 1.165) is 0 Å². The third-order valence-electron chi connectivity index (χ3n) is 1.42. The predicted molar refractivity (Wildman–Crippen MR) is 43.4 cm³/mol. The Kier molecular flexibility index (Phi) is 2.56. The molecule has 0 radical (unpaired) electrons. The van der Waals surface area contributed by atoms with Crippen molar-refractivity contribution in [3.05, 3.63) is 34.4 Å². The van der Waals surface area contributed by atoms with Crippen LogP contribution in [0.1, 0.15) is 0 Å². The van der Waals surface area contributed by atoms with Gasteiger partial charge in [0.05, 0.1) is 10.6 Å². The summed E-state index contributed by atoms with van der Waals surface area (Å²) in [5, 5.41) is 19.4. The average Bonchev–Trinajstić information content (AvgIpc) is 2.17. The highest BCUT2D eigenvalue weighted by Crippen LogP contribution is 2.16. The molecule has 1 aromatic carbocycles. The molecular formula is C7H6N2O4. The van der Waals surface area contributed by atoms with Crippen LogP contribution in [0.15, 0.2) is 24.3 Å². The van der Waals surface area contributed by atoms with Crippen LogP contribution in [0.2, 0.25) is 0 Å². The summed E-state index contributed by atoms with van der Waals surface area (Å²) in [6.07, 6.45) is 0.196. The molecule has 0 atom stereocenters. The zero-order chi connectivity index (χ0) is 9.84. The highest BCUT2D eigenvalue weighted by Gasteiger charge is 2.06. The molecule has 1 amide bonds. The van der Waals surface area contributed by atoms with Gasteiger partial charge in [-0.3, -0.25) is 20.1 Å². The number of hydroxylamine groups is 1. The van der Waals surface area contributed by atoms with Crippen LogP contribution in [0.4, 0.5) is 11.4 Å². The summed E-state index contributed by atoms with van der Waals surface area (Å²) >= 11 is 0. The fourth-order valence-corrected chi connectivity index (χ4v) is 0.788. The van der Waals surface area contributed by atoms with Gasteiger partial charge in [-0.2, -0.15) is 5.06 Å². The van der Waals surface area contributed by atoms with Crippen molar-refractivity contribution in [1.29, 1.82) is 0 Å². The van der Waals surface area contributed by atoms with E-state index in [-0.39, 0.29) is 17.8 Å². The summed E-state index contributed by atoms with van der Waals surface area (Å²) < 4.78 is 0. The summed E-state index contributed by atoms with van der Waals surface area (Å²) in [4.78, 5) is 19.7. The number of rotatable bonds is 3. The zero-order valence-corrected chi connectivity index (χ0v) is 6.45. The average molecular weight is 182 g/mol. The van der Waals surface area contributed by atoms with E-state index in [4.69, 9.17) is 5.21 Å². The molecule has 0 spiro atoms. The van der Waals surface area contributed by atoms with E-state index in [9.17, 15) is 14.9 Å². The van der Waals surface area contributed by atoms with Crippen LogP contribution >= 0.6 is 0 Å². The van der Waals surface area contributed by atoms with Crippen molar-refractivity contribution < 1.29 is 14.9 Å². The van der Waals surface area contributed by atoms with Crippen molar-refractivity contribution in [3.63, 3.8) is 0 Å². The van der Waals surface area contributed by atoms with Crippen LogP contribution in [0, 0.1) is 10.1 Å². The topological polar surface area (TPSA) is 83.7 Å². The minimum absolute atomic E-state index is 0.0944. The van der Waals surface area contributed by atoms with Gasteiger partial charge in [0, 0.05) is 12.1 Å². The molecule has 0 unspecified atom stereocenters. The molecule has 1 rings (SSSR count). The Morgan fingerprint density at radius 1 is 1.38 bits per heavy atom. The van der Waals surface area contributed by atoms with Crippen LogP contribution in [-0.2, 0) is 4.79 Å². The molecule has 0 bridgehead atoms. The lowest BCUT2D eigenvalue weighted by Gasteiger charge is -2.06. The molecule has 0 aliphatic carbocycles. The largest absolute Gasteiger partial charge is 0.281 e. The highest BCUT2D eigenvalue weighted by molar-refractivity contribution is 5.71. The first-order valence-corrected chi connectivity index (χ1v) is 3.33. The molecule has 68 valence electrons. The highest BCUT2D eigenvalue weighted by atomic mass is 16.6. The molecule has 1 N–H and O–H groups in total. The number of hydrogen-bond acceptors (Lipinski definition) is 4. The van der Waals surface area contributed by atoms with Crippen molar-refractivity contribution in [2.24, 2.45) is 0 Å². The van der Waals surface area contributed by atoms with Crippen molar-refractivity contribution >= 4 is 17.8 Å². The number of amides is 1. The Morgan fingerprint density at radius 3 is 2.31 bits per heavy atom. The van der Waals surface area contributed by atoms with Crippen LogP contribution in [-0.4, -0.2) is 16.5 Å². The van der Waals surface area contributed by atoms with Gasteiger partial charge in [0.1, 0.15) is 0 Å². The summed E-state index contributed by atoms with van der Waals surface area (Å²) in [5.74, 6) is 0. The Hall–Kier alpha value is -1.95. The number of carbonyl (C=O) groups is 1. The van der Waals surface area contributed by atoms with Crippen LogP contribution < -0.4 is 5.06 Å². The van der Waals surface area contributed by atoms with Gasteiger partial charge in [-0.1, -0.05) is 0 Å². The van der Waals surface area contributed by atoms with Crippen molar-refractivity contribution in [2.45, 2.75) is 0 Å². The molecule has 1 aromatic rings. The summed E-state index contributed by atoms with van der Waals surface area (Å²) in [6, 6.07) is 4.93. The van der Waals surface area contributed by atoms with Gasteiger partial charge in [0.15, 0.2) is 0 Å². The molecule has 0 aromatic heterocycles. The molecule has 13 heavy (non-hydrogen) atoms. The lowest BCUT2D eigenvalue weighted by Crippen LogP contribution is -2.14. The minimum Gasteiger partial charge on any atom is -0.281 e. The molecular weight excluding hydrogens is 176 g/mol. The number of nitro benzene ring substituents is 1. The van der Waals surface area contributed by atoms with E-state index < -0.39 is 4.92 Å². The van der Waals surface area contributed by atoms with Gasteiger partial charge in [0.2, 0.25) is 6.41 Å². The monoisotopic (exact) mass is 182 g/mol. The molecule has 0 aliphatic rings. The van der Waals surface area contributed by atoms with Crippen LogP contribution in [0.25, 0.3) is 0 Å². The lowest BCUT2D eigenvalue weighted by molar-refractivity contribution is -0.384. The minimum atomic E-state index is -0.563. The molecule has 0 saturated carbocycles.